The number of carbonyl (C=O) groups excluding carboxylic acids is 3. The van der Waals surface area contributed by atoms with E-state index in [1.165, 1.54) is 7.11 Å². The second-order valence-corrected chi connectivity index (χ2v) is 13.1. The van der Waals surface area contributed by atoms with Crippen molar-refractivity contribution in [3.8, 4) is 11.5 Å². The number of nitrogens with zero attached hydrogens (tertiary/aromatic N) is 1. The second kappa shape index (κ2) is 13.1. The van der Waals surface area contributed by atoms with Gasteiger partial charge in [-0.2, -0.15) is 0 Å². The van der Waals surface area contributed by atoms with E-state index in [4.69, 9.17) is 9.47 Å². The van der Waals surface area contributed by atoms with Gasteiger partial charge in [0, 0.05) is 12.2 Å². The number of unbranched alkanes of at least 4 members (excludes halogenated alkanes) is 4. The van der Waals surface area contributed by atoms with Gasteiger partial charge in [-0.25, -0.2) is 8.42 Å². The van der Waals surface area contributed by atoms with Gasteiger partial charge >= 0.3 is 0 Å². The van der Waals surface area contributed by atoms with E-state index in [0.717, 1.165) is 61.7 Å². The van der Waals surface area contributed by atoms with Gasteiger partial charge in [0.1, 0.15) is 9.84 Å². The Bertz CT molecular complexity index is 1420. The van der Waals surface area contributed by atoms with Gasteiger partial charge in [-0.05, 0) is 68.0 Å². The number of benzene rings is 2. The topological polar surface area (TPSA) is 119 Å². The van der Waals surface area contributed by atoms with E-state index in [-0.39, 0.29) is 23.0 Å². The molecule has 0 unspecified atom stereocenters. The Hall–Kier alpha value is -3.40. The molecule has 0 bridgehead atoms. The Kier molecular flexibility index (Phi) is 9.73. The number of anilines is 1. The number of hydrogen-bond donors (Lipinski definition) is 1. The first-order valence-corrected chi connectivity index (χ1v) is 16.5. The molecule has 1 aliphatic heterocycles. The lowest BCUT2D eigenvalue weighted by Gasteiger charge is -2.27. The number of nitrogens with one attached hydrogen (secondary N) is 1. The Morgan fingerprint density at radius 3 is 2.39 bits per heavy atom. The SMILES string of the molecule is CCCCCCCc1cc(NC(=O)C2CC2)c2c(c1)C(=O)N([C@H](CS(C)(=O)=O)c1ccc(OC)c(OCC)c1)C2=O. The molecule has 0 saturated heterocycles. The lowest BCUT2D eigenvalue weighted by Crippen LogP contribution is -2.37. The third-order valence-electron chi connectivity index (χ3n) is 7.50. The van der Waals surface area contributed by atoms with Crippen molar-refractivity contribution in [3.05, 3.63) is 52.6 Å². The lowest BCUT2D eigenvalue weighted by molar-refractivity contribution is -0.117. The standard InChI is InChI=1S/C31H40N2O7S/c1-5-7-8-9-10-11-20-16-23-28(24(17-20)32-29(34)21-12-13-21)31(36)33(30(23)35)25(19-41(4,37)38)22-14-15-26(39-3)27(18-22)40-6-2/h14-18,21,25H,5-13,19H2,1-4H3,(H,32,34)/t25-/m1/s1. The smallest absolute Gasteiger partial charge is 0.264 e. The average Bonchev–Trinajstić information content (AvgIpc) is 3.74. The highest BCUT2D eigenvalue weighted by atomic mass is 32.2. The summed E-state index contributed by atoms with van der Waals surface area (Å²) >= 11 is 0. The summed E-state index contributed by atoms with van der Waals surface area (Å²) in [5, 5.41) is 2.90. The van der Waals surface area contributed by atoms with Crippen molar-refractivity contribution in [3.63, 3.8) is 0 Å². The van der Waals surface area contributed by atoms with Gasteiger partial charge in [0.05, 0.1) is 42.3 Å². The molecule has 1 aliphatic carbocycles. The van der Waals surface area contributed by atoms with Gasteiger partial charge < -0.3 is 14.8 Å². The van der Waals surface area contributed by atoms with E-state index in [9.17, 15) is 22.8 Å². The number of amides is 3. The van der Waals surface area contributed by atoms with Gasteiger partial charge in [-0.3, -0.25) is 19.3 Å². The summed E-state index contributed by atoms with van der Waals surface area (Å²) in [5.41, 5.74) is 1.89. The van der Waals surface area contributed by atoms with Crippen LogP contribution in [0.4, 0.5) is 5.69 Å². The van der Waals surface area contributed by atoms with E-state index in [2.05, 4.69) is 12.2 Å². The maximum Gasteiger partial charge on any atom is 0.264 e. The van der Waals surface area contributed by atoms with E-state index >= 15 is 0 Å². The van der Waals surface area contributed by atoms with Crippen LogP contribution in [-0.2, 0) is 21.1 Å². The molecule has 1 atom stereocenters. The third-order valence-corrected chi connectivity index (χ3v) is 8.42. The fourth-order valence-electron chi connectivity index (χ4n) is 5.26. The Morgan fingerprint density at radius 1 is 1.02 bits per heavy atom. The van der Waals surface area contributed by atoms with Gasteiger partial charge in [0.2, 0.25) is 5.91 Å². The number of rotatable bonds is 15. The first-order chi connectivity index (χ1) is 19.6. The van der Waals surface area contributed by atoms with Crippen LogP contribution in [0.25, 0.3) is 0 Å². The van der Waals surface area contributed by atoms with Crippen LogP contribution in [0.5, 0.6) is 11.5 Å². The molecule has 3 amide bonds. The zero-order chi connectivity index (χ0) is 29.7. The Balaban J connectivity index is 1.74. The van der Waals surface area contributed by atoms with Crippen LogP contribution in [-0.4, -0.2) is 56.8 Å². The molecule has 1 heterocycles. The minimum absolute atomic E-state index is 0.0964. The van der Waals surface area contributed by atoms with Crippen molar-refractivity contribution in [2.24, 2.45) is 5.92 Å². The molecule has 0 radical (unpaired) electrons. The van der Waals surface area contributed by atoms with Crippen LogP contribution in [0.2, 0.25) is 0 Å². The highest BCUT2D eigenvalue weighted by Gasteiger charge is 2.44. The van der Waals surface area contributed by atoms with E-state index in [1.807, 2.05) is 6.92 Å². The summed E-state index contributed by atoms with van der Waals surface area (Å²) in [4.78, 5) is 41.7. The predicted molar refractivity (Wildman–Crippen MR) is 157 cm³/mol. The normalized spacial score (nSPS) is 15.6. The van der Waals surface area contributed by atoms with Crippen LogP contribution in [0.1, 0.15) is 96.7 Å². The van der Waals surface area contributed by atoms with Gasteiger partial charge in [-0.15, -0.1) is 0 Å². The number of carbonyl (C=O) groups is 3. The zero-order valence-electron chi connectivity index (χ0n) is 24.3. The number of aryl methyl sites for hydroxylation is 1. The number of sulfone groups is 1. The number of hydrogen-bond acceptors (Lipinski definition) is 7. The molecule has 2 aliphatic rings. The molecule has 222 valence electrons. The second-order valence-electron chi connectivity index (χ2n) is 10.9. The molecule has 9 nitrogen and oxygen atoms in total. The highest BCUT2D eigenvalue weighted by Crippen LogP contribution is 2.40. The Labute approximate surface area is 242 Å². The molecule has 1 N–H and O–H groups in total. The van der Waals surface area contributed by atoms with Crippen molar-refractivity contribution in [1.29, 1.82) is 0 Å². The van der Waals surface area contributed by atoms with Gasteiger partial charge in [0.25, 0.3) is 11.8 Å². The van der Waals surface area contributed by atoms with Crippen molar-refractivity contribution in [2.75, 3.05) is 31.0 Å². The van der Waals surface area contributed by atoms with Gasteiger partial charge in [0.15, 0.2) is 11.5 Å². The molecule has 1 fully saturated rings. The summed E-state index contributed by atoms with van der Waals surface area (Å²) < 4.78 is 36.2. The van der Waals surface area contributed by atoms with Crippen molar-refractivity contribution in [1.82, 2.24) is 4.90 Å². The third kappa shape index (κ3) is 7.28. The van der Waals surface area contributed by atoms with Crippen LogP contribution in [0.15, 0.2) is 30.3 Å². The summed E-state index contributed by atoms with van der Waals surface area (Å²) in [6, 6.07) is 7.29. The van der Waals surface area contributed by atoms with E-state index < -0.39 is 33.4 Å². The lowest BCUT2D eigenvalue weighted by atomic mass is 9.99. The van der Waals surface area contributed by atoms with Crippen molar-refractivity contribution < 1.29 is 32.3 Å². The first kappa shape index (κ1) is 30.6. The molecule has 0 aromatic heterocycles. The van der Waals surface area contributed by atoms with Crippen LogP contribution in [0.3, 0.4) is 0 Å². The molecule has 4 rings (SSSR count). The summed E-state index contributed by atoms with van der Waals surface area (Å²) in [6.07, 6.45) is 8.74. The van der Waals surface area contributed by atoms with Crippen molar-refractivity contribution >= 4 is 33.2 Å². The minimum atomic E-state index is -3.63. The molecular formula is C31H40N2O7S. The van der Waals surface area contributed by atoms with E-state index in [0.29, 0.717) is 35.8 Å². The quantitative estimate of drug-likeness (QED) is 0.222. The molecule has 1 saturated carbocycles. The number of fused-ring (bicyclic) bond motifs is 1. The molecule has 10 heteroatoms. The Morgan fingerprint density at radius 2 is 1.76 bits per heavy atom. The fourth-order valence-corrected chi connectivity index (χ4v) is 6.17. The average molecular weight is 585 g/mol. The minimum Gasteiger partial charge on any atom is -0.493 e. The maximum atomic E-state index is 14.0. The summed E-state index contributed by atoms with van der Waals surface area (Å²) in [7, 11) is -2.14. The summed E-state index contributed by atoms with van der Waals surface area (Å²) in [6.45, 7) is 4.31. The monoisotopic (exact) mass is 584 g/mol. The van der Waals surface area contributed by atoms with Crippen molar-refractivity contribution in [2.45, 2.75) is 71.3 Å². The largest absolute Gasteiger partial charge is 0.493 e. The van der Waals surface area contributed by atoms with Gasteiger partial charge in [-0.1, -0.05) is 38.7 Å². The number of imide groups is 1. The zero-order valence-corrected chi connectivity index (χ0v) is 25.1. The predicted octanol–water partition coefficient (Wildman–Crippen LogP) is 5.34. The highest BCUT2D eigenvalue weighted by molar-refractivity contribution is 7.90. The molecule has 2 aromatic carbocycles. The fraction of sp³-hybridized carbons (Fsp3) is 0.516. The van der Waals surface area contributed by atoms with Crippen LogP contribution < -0.4 is 14.8 Å². The van der Waals surface area contributed by atoms with Crippen LogP contribution in [0, 0.1) is 5.92 Å². The summed E-state index contributed by atoms with van der Waals surface area (Å²) in [5.74, 6) is -1.12. The van der Waals surface area contributed by atoms with E-state index in [1.54, 1.807) is 30.3 Å². The number of ether oxygens (including phenoxy) is 2. The molecule has 41 heavy (non-hydrogen) atoms. The number of methoxy groups -OCH3 is 1. The molecular weight excluding hydrogens is 544 g/mol. The molecule has 2 aromatic rings. The molecule has 0 spiro atoms. The van der Waals surface area contributed by atoms with Crippen LogP contribution >= 0.6 is 0 Å². The first-order valence-electron chi connectivity index (χ1n) is 14.4. The maximum absolute atomic E-state index is 14.0.